The molecule has 0 aliphatic carbocycles. The number of methoxy groups -OCH3 is 1. The summed E-state index contributed by atoms with van der Waals surface area (Å²) in [5, 5.41) is 4.01. The first-order valence-electron chi connectivity index (χ1n) is 6.17. The summed E-state index contributed by atoms with van der Waals surface area (Å²) < 4.78 is 10.7. The largest absolute Gasteiger partial charge is 0.379 e. The first-order valence-corrected chi connectivity index (χ1v) is 6.17. The molecule has 0 bridgehead atoms. The fourth-order valence-electron chi connectivity index (χ4n) is 1.80. The second-order valence-electron chi connectivity index (χ2n) is 6.73. The van der Waals surface area contributed by atoms with E-state index < -0.39 is 5.54 Å². The number of nitrogens with zero attached hydrogens (tertiary/aromatic N) is 2. The third-order valence-corrected chi connectivity index (χ3v) is 2.92. The Morgan fingerprint density at radius 1 is 1.17 bits per heavy atom. The van der Waals surface area contributed by atoms with E-state index in [1.165, 1.54) is 0 Å². The molecule has 5 heteroatoms. The molecular formula is C13H25N3O2. The summed E-state index contributed by atoms with van der Waals surface area (Å²) in [6, 6.07) is 0. The van der Waals surface area contributed by atoms with Crippen LogP contribution in [0.1, 0.15) is 59.7 Å². The van der Waals surface area contributed by atoms with Crippen molar-refractivity contribution in [1.29, 1.82) is 0 Å². The fraction of sp³-hybridized carbons (Fsp3) is 0.846. The van der Waals surface area contributed by atoms with Gasteiger partial charge in [0.25, 0.3) is 0 Å². The third kappa shape index (κ3) is 3.53. The van der Waals surface area contributed by atoms with Crippen LogP contribution in [0.3, 0.4) is 0 Å². The number of aromatic nitrogens is 2. The number of hydrogen-bond donors (Lipinski definition) is 1. The van der Waals surface area contributed by atoms with Crippen LogP contribution in [0.25, 0.3) is 0 Å². The Labute approximate surface area is 109 Å². The third-order valence-electron chi connectivity index (χ3n) is 2.92. The van der Waals surface area contributed by atoms with Gasteiger partial charge in [-0.05, 0) is 20.8 Å². The lowest BCUT2D eigenvalue weighted by atomic mass is 9.88. The van der Waals surface area contributed by atoms with Gasteiger partial charge in [0.2, 0.25) is 5.89 Å². The van der Waals surface area contributed by atoms with Crippen LogP contribution in [-0.2, 0) is 15.7 Å². The van der Waals surface area contributed by atoms with Gasteiger partial charge in [-0.2, -0.15) is 4.98 Å². The summed E-state index contributed by atoms with van der Waals surface area (Å²) in [5.41, 5.74) is 5.12. The Morgan fingerprint density at radius 2 is 1.72 bits per heavy atom. The first-order chi connectivity index (χ1) is 7.98. The van der Waals surface area contributed by atoms with Crippen LogP contribution < -0.4 is 5.73 Å². The smallest absolute Gasteiger partial charge is 0.232 e. The summed E-state index contributed by atoms with van der Waals surface area (Å²) in [4.78, 5) is 4.41. The maximum Gasteiger partial charge on any atom is 0.232 e. The van der Waals surface area contributed by atoms with Gasteiger partial charge in [-0.1, -0.05) is 25.9 Å². The first kappa shape index (κ1) is 15.1. The Bertz CT molecular complexity index is 403. The maximum atomic E-state index is 6.29. The molecule has 0 saturated carbocycles. The van der Waals surface area contributed by atoms with Crippen LogP contribution in [0, 0.1) is 0 Å². The van der Waals surface area contributed by atoms with E-state index in [2.05, 4.69) is 10.1 Å². The van der Waals surface area contributed by atoms with Gasteiger partial charge in [-0.3, -0.25) is 0 Å². The van der Waals surface area contributed by atoms with Crippen LogP contribution in [0.5, 0.6) is 0 Å². The van der Waals surface area contributed by atoms with Crippen molar-refractivity contribution in [3.63, 3.8) is 0 Å². The van der Waals surface area contributed by atoms with Crippen LogP contribution in [0.2, 0.25) is 0 Å². The molecule has 1 unspecified atom stereocenters. The molecule has 0 saturated heterocycles. The van der Waals surface area contributed by atoms with E-state index in [0.717, 1.165) is 0 Å². The van der Waals surface area contributed by atoms with Gasteiger partial charge in [-0.15, -0.1) is 0 Å². The highest BCUT2D eigenvalue weighted by atomic mass is 16.5. The van der Waals surface area contributed by atoms with Gasteiger partial charge in [-0.25, -0.2) is 0 Å². The van der Waals surface area contributed by atoms with Gasteiger partial charge in [0.05, 0.1) is 11.1 Å². The molecule has 2 N–H and O–H groups in total. The molecule has 0 amide bonds. The van der Waals surface area contributed by atoms with Crippen molar-refractivity contribution in [3.8, 4) is 0 Å². The Morgan fingerprint density at radius 3 is 2.11 bits per heavy atom. The number of hydrogen-bond acceptors (Lipinski definition) is 5. The van der Waals surface area contributed by atoms with E-state index in [9.17, 15) is 0 Å². The Hall–Kier alpha value is -0.940. The lowest BCUT2D eigenvalue weighted by molar-refractivity contribution is -0.00280. The molecule has 0 radical (unpaired) electrons. The van der Waals surface area contributed by atoms with E-state index in [1.54, 1.807) is 7.11 Å². The predicted octanol–water partition coefficient (Wildman–Crippen LogP) is 2.36. The highest BCUT2D eigenvalue weighted by Gasteiger charge is 2.35. The monoisotopic (exact) mass is 255 g/mol. The van der Waals surface area contributed by atoms with Crippen molar-refractivity contribution < 1.29 is 9.26 Å². The number of nitrogens with two attached hydrogens (primary N) is 1. The van der Waals surface area contributed by atoms with Crippen molar-refractivity contribution >= 4 is 0 Å². The molecule has 0 aliphatic rings. The van der Waals surface area contributed by atoms with E-state index in [1.807, 2.05) is 41.5 Å². The summed E-state index contributed by atoms with van der Waals surface area (Å²) >= 11 is 0. The average molecular weight is 255 g/mol. The number of ether oxygens (including phenoxy) is 1. The second kappa shape index (κ2) is 4.63. The molecule has 104 valence electrons. The van der Waals surface area contributed by atoms with Crippen molar-refractivity contribution in [2.24, 2.45) is 5.73 Å². The van der Waals surface area contributed by atoms with Crippen LogP contribution >= 0.6 is 0 Å². The minimum atomic E-state index is -0.674. The highest BCUT2D eigenvalue weighted by molar-refractivity contribution is 5.07. The minimum Gasteiger partial charge on any atom is -0.379 e. The molecule has 1 aromatic rings. The molecule has 5 nitrogen and oxygen atoms in total. The van der Waals surface area contributed by atoms with E-state index in [4.69, 9.17) is 15.0 Å². The normalized spacial score (nSPS) is 16.7. The van der Waals surface area contributed by atoms with Crippen molar-refractivity contribution in [2.45, 2.75) is 64.5 Å². The Kier molecular flexibility index (Phi) is 3.89. The van der Waals surface area contributed by atoms with Crippen LogP contribution in [0.4, 0.5) is 0 Å². The molecule has 0 aliphatic heterocycles. The molecule has 0 spiro atoms. The predicted molar refractivity (Wildman–Crippen MR) is 70.2 cm³/mol. The minimum absolute atomic E-state index is 0.169. The summed E-state index contributed by atoms with van der Waals surface area (Å²) in [6.07, 6.45) is 0.611. The van der Waals surface area contributed by atoms with Crippen molar-refractivity contribution in [2.75, 3.05) is 7.11 Å². The summed E-state index contributed by atoms with van der Waals surface area (Å²) in [7, 11) is 1.67. The quantitative estimate of drug-likeness (QED) is 0.894. The van der Waals surface area contributed by atoms with Gasteiger partial charge in [0.15, 0.2) is 5.82 Å². The molecule has 1 rings (SSSR count). The topological polar surface area (TPSA) is 74.2 Å². The zero-order valence-electron chi connectivity index (χ0n) is 12.5. The Balaban J connectivity index is 2.96. The molecule has 1 aromatic heterocycles. The van der Waals surface area contributed by atoms with Crippen molar-refractivity contribution in [1.82, 2.24) is 10.1 Å². The highest BCUT2D eigenvalue weighted by Crippen LogP contribution is 2.29. The van der Waals surface area contributed by atoms with Crippen molar-refractivity contribution in [3.05, 3.63) is 11.7 Å². The lowest BCUT2D eigenvalue weighted by Gasteiger charge is -2.31. The summed E-state index contributed by atoms with van der Waals surface area (Å²) in [6.45, 7) is 11.9. The van der Waals surface area contributed by atoms with E-state index in [-0.39, 0.29) is 11.0 Å². The lowest BCUT2D eigenvalue weighted by Crippen LogP contribution is -2.42. The number of rotatable bonds is 4. The molecule has 0 aromatic carbocycles. The maximum absolute atomic E-state index is 6.29. The zero-order valence-corrected chi connectivity index (χ0v) is 12.5. The summed E-state index contributed by atoms with van der Waals surface area (Å²) in [5.74, 6) is 1.13. The molecule has 18 heavy (non-hydrogen) atoms. The second-order valence-corrected chi connectivity index (χ2v) is 6.73. The van der Waals surface area contributed by atoms with E-state index in [0.29, 0.717) is 18.1 Å². The van der Waals surface area contributed by atoms with Gasteiger partial charge in [0, 0.05) is 18.9 Å². The molecule has 1 atom stereocenters. The van der Waals surface area contributed by atoms with Crippen LogP contribution in [-0.4, -0.2) is 22.9 Å². The van der Waals surface area contributed by atoms with E-state index >= 15 is 0 Å². The molecule has 1 heterocycles. The molecule has 0 fully saturated rings. The van der Waals surface area contributed by atoms with Gasteiger partial charge >= 0.3 is 0 Å². The van der Waals surface area contributed by atoms with Crippen LogP contribution in [0.15, 0.2) is 4.52 Å². The fourth-order valence-corrected chi connectivity index (χ4v) is 1.80. The van der Waals surface area contributed by atoms with Gasteiger partial charge in [0.1, 0.15) is 0 Å². The average Bonchev–Trinajstić information content (AvgIpc) is 2.64. The standard InChI is InChI=1S/C13H25N3O2/c1-11(2,3)10-15-9(16-18-10)13(6,14)8-12(4,5)17-7/h8,14H2,1-7H3. The molecular weight excluding hydrogens is 230 g/mol. The zero-order chi connectivity index (χ0) is 14.2. The van der Waals surface area contributed by atoms with Gasteiger partial charge < -0.3 is 15.0 Å². The SMILES string of the molecule is COC(C)(C)CC(C)(N)c1noc(C(C)(C)C)n1.